The van der Waals surface area contributed by atoms with E-state index < -0.39 is 36.2 Å². The number of nitrogens with zero attached hydrogens (tertiary/aromatic N) is 1. The molecule has 0 bridgehead atoms. The Morgan fingerprint density at radius 3 is 2.21 bits per heavy atom. The Hall–Kier alpha value is -3.95. The van der Waals surface area contributed by atoms with Crippen LogP contribution in [0.15, 0.2) is 42.6 Å². The van der Waals surface area contributed by atoms with Crippen LogP contribution in [0.1, 0.15) is 54.1 Å². The third-order valence-electron chi connectivity index (χ3n) is 4.14. The van der Waals surface area contributed by atoms with Crippen molar-refractivity contribution in [2.24, 2.45) is 0 Å². The molecule has 0 spiro atoms. The molecule has 1 atom stereocenters. The molecule has 10 heteroatoms. The van der Waals surface area contributed by atoms with Crippen LogP contribution in [-0.4, -0.2) is 52.1 Å². The molecule has 1 aromatic heterocycles. The summed E-state index contributed by atoms with van der Waals surface area (Å²) in [6.07, 6.45) is 0.785. The number of pyridine rings is 1. The second-order valence-electron chi connectivity index (χ2n) is 8.16. The molecule has 1 heterocycles. The predicted molar refractivity (Wildman–Crippen MR) is 118 cm³/mol. The summed E-state index contributed by atoms with van der Waals surface area (Å²) in [5, 5.41) is 13.8. The maximum absolute atomic E-state index is 12.6. The van der Waals surface area contributed by atoms with E-state index in [1.165, 1.54) is 30.5 Å². The van der Waals surface area contributed by atoms with Crippen molar-refractivity contribution in [1.82, 2.24) is 15.6 Å². The second kappa shape index (κ2) is 11.1. The van der Waals surface area contributed by atoms with Crippen LogP contribution in [0.2, 0.25) is 0 Å². The summed E-state index contributed by atoms with van der Waals surface area (Å²) >= 11 is 0. The van der Waals surface area contributed by atoms with Crippen LogP contribution < -0.4 is 15.4 Å². The molecule has 3 N–H and O–H groups in total. The molecule has 0 radical (unpaired) electrons. The molecule has 2 rings (SSSR count). The Morgan fingerprint density at radius 1 is 1.03 bits per heavy atom. The maximum atomic E-state index is 12.6. The van der Waals surface area contributed by atoms with Gasteiger partial charge in [0.05, 0.1) is 23.8 Å². The minimum absolute atomic E-state index is 0.137. The van der Waals surface area contributed by atoms with E-state index in [1.807, 2.05) is 0 Å². The van der Waals surface area contributed by atoms with Gasteiger partial charge < -0.3 is 25.2 Å². The number of nitrogens with one attached hydrogen (secondary N) is 2. The van der Waals surface area contributed by atoms with Gasteiger partial charge >= 0.3 is 12.1 Å². The highest BCUT2D eigenvalue weighted by atomic mass is 16.6. The molecule has 0 aliphatic rings. The topological polar surface area (TPSA) is 144 Å². The zero-order chi connectivity index (χ0) is 24.6. The van der Waals surface area contributed by atoms with E-state index in [4.69, 9.17) is 14.6 Å². The largest absolute Gasteiger partial charge is 0.482 e. The lowest BCUT2D eigenvalue weighted by molar-refractivity contribution is -0.139. The van der Waals surface area contributed by atoms with Crippen molar-refractivity contribution in [2.45, 2.75) is 45.9 Å². The number of carboxylic acids is 1. The van der Waals surface area contributed by atoms with Crippen molar-refractivity contribution in [2.75, 3.05) is 6.61 Å². The van der Waals surface area contributed by atoms with Crippen molar-refractivity contribution < 1.29 is 33.8 Å². The average molecular weight is 457 g/mol. The number of carbonyl (C=O) groups is 4. The zero-order valence-electron chi connectivity index (χ0n) is 18.9. The summed E-state index contributed by atoms with van der Waals surface area (Å²) in [6.45, 7) is 6.49. The van der Waals surface area contributed by atoms with Crippen molar-refractivity contribution in [1.29, 1.82) is 0 Å². The van der Waals surface area contributed by atoms with E-state index in [-0.39, 0.29) is 17.9 Å². The van der Waals surface area contributed by atoms with Crippen LogP contribution in [0.25, 0.3) is 0 Å². The first-order valence-corrected chi connectivity index (χ1v) is 10.2. The van der Waals surface area contributed by atoms with Crippen molar-refractivity contribution >= 4 is 23.8 Å². The summed E-state index contributed by atoms with van der Waals surface area (Å²) in [6, 6.07) is 8.29. The fourth-order valence-electron chi connectivity index (χ4n) is 2.60. The minimum atomic E-state index is -1.10. The quantitative estimate of drug-likeness (QED) is 0.488. The standard InChI is InChI=1S/C23H27N3O7/c1-14(20(29)15-6-9-18(10-7-15)32-13-19(27)28)26-21(30)16-5-8-17(24-11-16)12-25-22(31)33-23(2,3)4/h5-11,14H,12-13H2,1-4H3,(H,25,31)(H,26,30)(H,27,28)/t14-/m0/s1. The average Bonchev–Trinajstić information content (AvgIpc) is 2.75. The number of carbonyl (C=O) groups excluding carboxylic acids is 3. The van der Waals surface area contributed by atoms with Crippen molar-refractivity contribution in [3.63, 3.8) is 0 Å². The number of hydrogen-bond acceptors (Lipinski definition) is 7. The maximum Gasteiger partial charge on any atom is 0.407 e. The number of hydrogen-bond donors (Lipinski definition) is 3. The first-order chi connectivity index (χ1) is 15.4. The number of alkyl carbamates (subject to hydrolysis) is 1. The van der Waals surface area contributed by atoms with Crippen LogP contribution in [0, 0.1) is 0 Å². The lowest BCUT2D eigenvalue weighted by Crippen LogP contribution is -2.38. The van der Waals surface area contributed by atoms with E-state index in [9.17, 15) is 19.2 Å². The number of carboxylic acid groups (broad SMARTS) is 1. The monoisotopic (exact) mass is 457 g/mol. The van der Waals surface area contributed by atoms with E-state index in [2.05, 4.69) is 15.6 Å². The fourth-order valence-corrected chi connectivity index (χ4v) is 2.60. The second-order valence-corrected chi connectivity index (χ2v) is 8.16. The van der Waals surface area contributed by atoms with Gasteiger partial charge in [-0.1, -0.05) is 0 Å². The van der Waals surface area contributed by atoms with E-state index in [0.717, 1.165) is 0 Å². The molecule has 0 saturated carbocycles. The van der Waals surface area contributed by atoms with Crippen LogP contribution in [0.5, 0.6) is 5.75 Å². The summed E-state index contributed by atoms with van der Waals surface area (Å²) in [4.78, 5) is 51.4. The lowest BCUT2D eigenvalue weighted by Gasteiger charge is -2.19. The molecule has 0 aliphatic carbocycles. The highest BCUT2D eigenvalue weighted by molar-refractivity contribution is 6.04. The summed E-state index contributed by atoms with van der Waals surface area (Å²) in [5.41, 5.74) is 0.524. The van der Waals surface area contributed by atoms with Crippen LogP contribution in [0.4, 0.5) is 4.79 Å². The van der Waals surface area contributed by atoms with Gasteiger partial charge in [-0.25, -0.2) is 9.59 Å². The molecule has 176 valence electrons. The van der Waals surface area contributed by atoms with Gasteiger partial charge in [-0.15, -0.1) is 0 Å². The van der Waals surface area contributed by atoms with Crippen LogP contribution in [0.3, 0.4) is 0 Å². The van der Waals surface area contributed by atoms with Gasteiger partial charge in [-0.3, -0.25) is 14.6 Å². The number of aliphatic carboxylic acids is 1. The molecule has 2 aromatic rings. The Morgan fingerprint density at radius 2 is 1.67 bits per heavy atom. The number of Topliss-reactive ketones (excluding diaryl/α,β-unsaturated/α-hetero) is 1. The van der Waals surface area contributed by atoms with E-state index in [1.54, 1.807) is 39.8 Å². The smallest absolute Gasteiger partial charge is 0.407 e. The van der Waals surface area contributed by atoms with Crippen molar-refractivity contribution in [3.8, 4) is 5.75 Å². The van der Waals surface area contributed by atoms with Gasteiger partial charge in [-0.2, -0.15) is 0 Å². The molecule has 0 fully saturated rings. The number of ether oxygens (including phenoxy) is 2. The SMILES string of the molecule is C[C@H](NC(=O)c1ccc(CNC(=O)OC(C)(C)C)nc1)C(=O)c1ccc(OCC(=O)O)cc1. The Labute approximate surface area is 191 Å². The molecule has 33 heavy (non-hydrogen) atoms. The summed E-state index contributed by atoms with van der Waals surface area (Å²) < 4.78 is 10.2. The number of benzene rings is 1. The molecular formula is C23H27N3O7. The molecule has 2 amide bonds. The number of ketones is 1. The lowest BCUT2D eigenvalue weighted by atomic mass is 10.0. The van der Waals surface area contributed by atoms with Crippen LogP contribution >= 0.6 is 0 Å². The Kier molecular flexibility index (Phi) is 8.49. The van der Waals surface area contributed by atoms with Gasteiger partial charge in [0.1, 0.15) is 11.4 Å². The minimum Gasteiger partial charge on any atom is -0.482 e. The number of rotatable bonds is 9. The Balaban J connectivity index is 1.88. The first-order valence-electron chi connectivity index (χ1n) is 10.2. The van der Waals surface area contributed by atoms with E-state index in [0.29, 0.717) is 17.0 Å². The summed E-state index contributed by atoms with van der Waals surface area (Å²) in [7, 11) is 0. The van der Waals surface area contributed by atoms with Gasteiger partial charge in [-0.05, 0) is 64.1 Å². The molecule has 1 aromatic carbocycles. The summed E-state index contributed by atoms with van der Waals surface area (Å²) in [5.74, 6) is -1.58. The molecular weight excluding hydrogens is 430 g/mol. The van der Waals surface area contributed by atoms with Gasteiger partial charge in [0, 0.05) is 11.8 Å². The van der Waals surface area contributed by atoms with Crippen LogP contribution in [-0.2, 0) is 16.1 Å². The zero-order valence-corrected chi connectivity index (χ0v) is 18.9. The fraction of sp³-hybridized carbons (Fsp3) is 0.348. The molecule has 0 saturated heterocycles. The normalized spacial score (nSPS) is 11.8. The number of aromatic nitrogens is 1. The van der Waals surface area contributed by atoms with Crippen molar-refractivity contribution in [3.05, 3.63) is 59.4 Å². The Bertz CT molecular complexity index is 996. The highest BCUT2D eigenvalue weighted by Gasteiger charge is 2.19. The first kappa shape index (κ1) is 25.3. The predicted octanol–water partition coefficient (Wildman–Crippen LogP) is 2.57. The van der Waals surface area contributed by atoms with Gasteiger partial charge in [0.2, 0.25) is 0 Å². The molecule has 0 aliphatic heterocycles. The third-order valence-corrected chi connectivity index (χ3v) is 4.14. The number of amides is 2. The third kappa shape index (κ3) is 8.60. The van der Waals surface area contributed by atoms with E-state index >= 15 is 0 Å². The van der Waals surface area contributed by atoms with Gasteiger partial charge in [0.15, 0.2) is 12.4 Å². The highest BCUT2D eigenvalue weighted by Crippen LogP contribution is 2.14. The van der Waals surface area contributed by atoms with Gasteiger partial charge in [0.25, 0.3) is 5.91 Å². The molecule has 0 unspecified atom stereocenters. The molecule has 10 nitrogen and oxygen atoms in total.